The number of halogens is 1. The standard InChI is InChI=1S/C16H9ClN2/c17-16-7-2-1-5-14(16)9-15(11-19)13-6-3-4-12(8-13)10-18/h1-9H/b15-9-. The van der Waals surface area contributed by atoms with Gasteiger partial charge in [0.2, 0.25) is 0 Å². The van der Waals surface area contributed by atoms with Crippen LogP contribution in [0.3, 0.4) is 0 Å². The summed E-state index contributed by atoms with van der Waals surface area (Å²) in [4.78, 5) is 0. The molecule has 2 aromatic carbocycles. The van der Waals surface area contributed by atoms with Crippen molar-refractivity contribution in [3.8, 4) is 12.1 Å². The minimum Gasteiger partial charge on any atom is -0.192 e. The van der Waals surface area contributed by atoms with E-state index in [-0.39, 0.29) is 0 Å². The van der Waals surface area contributed by atoms with Crippen molar-refractivity contribution in [3.63, 3.8) is 0 Å². The van der Waals surface area contributed by atoms with Crippen molar-refractivity contribution in [1.82, 2.24) is 0 Å². The molecule has 0 saturated carbocycles. The van der Waals surface area contributed by atoms with Gasteiger partial charge in [0.25, 0.3) is 0 Å². The molecule has 0 atom stereocenters. The predicted octanol–water partition coefficient (Wildman–Crippen LogP) is 4.28. The van der Waals surface area contributed by atoms with E-state index < -0.39 is 0 Å². The zero-order chi connectivity index (χ0) is 13.7. The Hall–Kier alpha value is -2.55. The lowest BCUT2D eigenvalue weighted by atomic mass is 10.0. The van der Waals surface area contributed by atoms with Crippen LogP contribution in [-0.2, 0) is 0 Å². The SMILES string of the molecule is N#C/C(=C/c1ccccc1Cl)c1cccc(C#N)c1. The van der Waals surface area contributed by atoms with Crippen LogP contribution in [0.1, 0.15) is 16.7 Å². The minimum absolute atomic E-state index is 0.477. The molecule has 2 rings (SSSR count). The van der Waals surface area contributed by atoms with Crippen LogP contribution in [0.4, 0.5) is 0 Å². The Morgan fingerprint density at radius 1 is 1.05 bits per heavy atom. The van der Waals surface area contributed by atoms with E-state index in [1.54, 1.807) is 36.4 Å². The van der Waals surface area contributed by atoms with Gasteiger partial charge in [-0.15, -0.1) is 0 Å². The highest BCUT2D eigenvalue weighted by molar-refractivity contribution is 6.32. The maximum Gasteiger partial charge on any atom is 0.0998 e. The largest absolute Gasteiger partial charge is 0.192 e. The molecule has 3 heteroatoms. The van der Waals surface area contributed by atoms with Gasteiger partial charge in [-0.05, 0) is 35.4 Å². The summed E-state index contributed by atoms with van der Waals surface area (Å²) < 4.78 is 0. The van der Waals surface area contributed by atoms with Crippen molar-refractivity contribution >= 4 is 23.3 Å². The first-order valence-corrected chi connectivity index (χ1v) is 5.99. The molecule has 2 nitrogen and oxygen atoms in total. The second-order valence-corrected chi connectivity index (χ2v) is 4.29. The van der Waals surface area contributed by atoms with Gasteiger partial charge in [0.1, 0.15) is 0 Å². The Labute approximate surface area is 116 Å². The second kappa shape index (κ2) is 5.87. The van der Waals surface area contributed by atoms with Crippen LogP contribution >= 0.6 is 11.6 Å². The fourth-order valence-corrected chi connectivity index (χ4v) is 1.87. The average molecular weight is 265 g/mol. The van der Waals surface area contributed by atoms with Crippen molar-refractivity contribution in [1.29, 1.82) is 10.5 Å². The fraction of sp³-hybridized carbons (Fsp3) is 0. The molecule has 0 amide bonds. The third kappa shape index (κ3) is 3.01. The van der Waals surface area contributed by atoms with E-state index in [1.807, 2.05) is 18.2 Å². The van der Waals surface area contributed by atoms with Crippen LogP contribution in [0.2, 0.25) is 5.02 Å². The van der Waals surface area contributed by atoms with Gasteiger partial charge in [0, 0.05) is 5.02 Å². The first-order valence-electron chi connectivity index (χ1n) is 5.61. The summed E-state index contributed by atoms with van der Waals surface area (Å²) in [6.07, 6.45) is 1.72. The number of benzene rings is 2. The van der Waals surface area contributed by atoms with Gasteiger partial charge >= 0.3 is 0 Å². The first kappa shape index (κ1) is 12.9. The van der Waals surface area contributed by atoms with Crippen LogP contribution in [-0.4, -0.2) is 0 Å². The maximum absolute atomic E-state index is 9.25. The van der Waals surface area contributed by atoms with Crippen LogP contribution < -0.4 is 0 Å². The fourth-order valence-electron chi connectivity index (χ4n) is 1.68. The van der Waals surface area contributed by atoms with E-state index in [2.05, 4.69) is 12.1 Å². The average Bonchev–Trinajstić information content (AvgIpc) is 2.46. The van der Waals surface area contributed by atoms with Gasteiger partial charge in [0.05, 0.1) is 23.3 Å². The lowest BCUT2D eigenvalue weighted by molar-refractivity contribution is 1.47. The molecular weight excluding hydrogens is 256 g/mol. The Bertz CT molecular complexity index is 718. The molecule has 0 bridgehead atoms. The zero-order valence-electron chi connectivity index (χ0n) is 9.97. The summed E-state index contributed by atoms with van der Waals surface area (Å²) in [6.45, 7) is 0. The topological polar surface area (TPSA) is 47.6 Å². The number of nitrogens with zero attached hydrogens (tertiary/aromatic N) is 2. The van der Waals surface area contributed by atoms with Crippen molar-refractivity contribution in [2.24, 2.45) is 0 Å². The number of hydrogen-bond donors (Lipinski definition) is 0. The quantitative estimate of drug-likeness (QED) is 0.600. The lowest BCUT2D eigenvalue weighted by Gasteiger charge is -2.01. The normalized spacial score (nSPS) is 10.6. The molecule has 0 aliphatic rings. The van der Waals surface area contributed by atoms with E-state index in [4.69, 9.17) is 16.9 Å². The van der Waals surface area contributed by atoms with Gasteiger partial charge in [-0.1, -0.05) is 41.9 Å². The molecule has 0 aliphatic carbocycles. The summed E-state index contributed by atoms with van der Waals surface area (Å²) in [6, 6.07) is 18.4. The number of nitriles is 2. The molecule has 0 aliphatic heterocycles. The Morgan fingerprint density at radius 2 is 1.84 bits per heavy atom. The van der Waals surface area contributed by atoms with E-state index in [9.17, 15) is 5.26 Å². The van der Waals surface area contributed by atoms with E-state index in [0.717, 1.165) is 5.56 Å². The second-order valence-electron chi connectivity index (χ2n) is 3.88. The summed E-state index contributed by atoms with van der Waals surface area (Å²) in [5, 5.41) is 18.7. The van der Waals surface area contributed by atoms with Crippen LogP contribution in [0, 0.1) is 22.7 Å². The van der Waals surface area contributed by atoms with Crippen LogP contribution in [0.5, 0.6) is 0 Å². The summed E-state index contributed by atoms with van der Waals surface area (Å²) >= 11 is 6.06. The molecule has 0 fully saturated rings. The minimum atomic E-state index is 0.477. The van der Waals surface area contributed by atoms with Crippen molar-refractivity contribution in [2.75, 3.05) is 0 Å². The molecule has 90 valence electrons. The Balaban J connectivity index is 2.49. The highest BCUT2D eigenvalue weighted by Gasteiger charge is 2.04. The summed E-state index contributed by atoms with van der Waals surface area (Å²) in [7, 11) is 0. The summed E-state index contributed by atoms with van der Waals surface area (Å²) in [5.41, 5.74) is 2.49. The third-order valence-electron chi connectivity index (χ3n) is 2.63. The molecule has 19 heavy (non-hydrogen) atoms. The van der Waals surface area contributed by atoms with Crippen LogP contribution in [0.15, 0.2) is 48.5 Å². The Morgan fingerprint density at radius 3 is 2.53 bits per heavy atom. The third-order valence-corrected chi connectivity index (χ3v) is 2.97. The summed E-state index contributed by atoms with van der Waals surface area (Å²) in [5.74, 6) is 0. The molecule has 0 aromatic heterocycles. The van der Waals surface area contributed by atoms with Crippen molar-refractivity contribution in [3.05, 3.63) is 70.2 Å². The zero-order valence-corrected chi connectivity index (χ0v) is 10.7. The van der Waals surface area contributed by atoms with Gasteiger partial charge in [0.15, 0.2) is 0 Å². The lowest BCUT2D eigenvalue weighted by Crippen LogP contribution is -1.84. The van der Waals surface area contributed by atoms with Gasteiger partial charge in [-0.25, -0.2) is 0 Å². The Kier molecular flexibility index (Phi) is 3.98. The molecule has 0 N–H and O–H groups in total. The van der Waals surface area contributed by atoms with Crippen molar-refractivity contribution in [2.45, 2.75) is 0 Å². The van der Waals surface area contributed by atoms with E-state index in [1.165, 1.54) is 0 Å². The molecule has 0 radical (unpaired) electrons. The number of rotatable bonds is 2. The smallest absolute Gasteiger partial charge is 0.0998 e. The number of hydrogen-bond acceptors (Lipinski definition) is 2. The molecule has 0 heterocycles. The van der Waals surface area contributed by atoms with Crippen LogP contribution in [0.25, 0.3) is 11.6 Å². The predicted molar refractivity (Wildman–Crippen MR) is 76.1 cm³/mol. The molecular formula is C16H9ClN2. The number of allylic oxidation sites excluding steroid dienone is 1. The first-order chi connectivity index (χ1) is 9.24. The molecule has 0 spiro atoms. The monoisotopic (exact) mass is 264 g/mol. The van der Waals surface area contributed by atoms with E-state index >= 15 is 0 Å². The molecule has 2 aromatic rings. The van der Waals surface area contributed by atoms with Gasteiger partial charge < -0.3 is 0 Å². The van der Waals surface area contributed by atoms with Gasteiger partial charge in [-0.2, -0.15) is 10.5 Å². The van der Waals surface area contributed by atoms with Crippen molar-refractivity contribution < 1.29 is 0 Å². The molecule has 0 saturated heterocycles. The van der Waals surface area contributed by atoms with Gasteiger partial charge in [-0.3, -0.25) is 0 Å². The highest BCUT2D eigenvalue weighted by atomic mass is 35.5. The van der Waals surface area contributed by atoms with E-state index in [0.29, 0.717) is 21.7 Å². The molecule has 0 unspecified atom stereocenters. The maximum atomic E-state index is 9.25. The highest BCUT2D eigenvalue weighted by Crippen LogP contribution is 2.23.